The first kappa shape index (κ1) is 8.24. The Morgan fingerprint density at radius 1 is 1.45 bits per heavy atom. The van der Waals surface area contributed by atoms with Crippen molar-refractivity contribution in [3.8, 4) is 0 Å². The second-order valence-corrected chi connectivity index (χ2v) is 3.02. The van der Waals surface area contributed by atoms with Gasteiger partial charge in [0.2, 0.25) is 0 Å². The smallest absolute Gasteiger partial charge is 0.306 e. The standard InChI is InChI=1S/C8H12O3/c9-7-4-2-1-3-6(5-7)8(10)11/h6H,1-5H2,(H,10,11)/t6-/m1/s1. The number of rotatable bonds is 1. The van der Waals surface area contributed by atoms with Gasteiger partial charge < -0.3 is 5.11 Å². The van der Waals surface area contributed by atoms with E-state index < -0.39 is 11.9 Å². The van der Waals surface area contributed by atoms with E-state index in [1.807, 2.05) is 0 Å². The molecule has 0 saturated heterocycles. The molecule has 0 aliphatic heterocycles. The summed E-state index contributed by atoms with van der Waals surface area (Å²) < 4.78 is 0. The fraction of sp³-hybridized carbons (Fsp3) is 0.750. The fourth-order valence-electron chi connectivity index (χ4n) is 1.40. The molecule has 0 heterocycles. The van der Waals surface area contributed by atoms with Crippen molar-refractivity contribution in [2.45, 2.75) is 32.1 Å². The predicted octanol–water partition coefficient (Wildman–Crippen LogP) is 1.22. The lowest BCUT2D eigenvalue weighted by Gasteiger charge is -2.05. The molecular weight excluding hydrogens is 144 g/mol. The molecule has 0 spiro atoms. The monoisotopic (exact) mass is 156 g/mol. The zero-order valence-corrected chi connectivity index (χ0v) is 6.38. The normalized spacial score (nSPS) is 26.2. The Balaban J connectivity index is 2.52. The average Bonchev–Trinajstić information content (AvgIpc) is 2.13. The van der Waals surface area contributed by atoms with Crippen molar-refractivity contribution in [2.24, 2.45) is 5.92 Å². The van der Waals surface area contributed by atoms with Crippen molar-refractivity contribution < 1.29 is 14.7 Å². The second-order valence-electron chi connectivity index (χ2n) is 3.02. The summed E-state index contributed by atoms with van der Waals surface area (Å²) >= 11 is 0. The minimum absolute atomic E-state index is 0.106. The van der Waals surface area contributed by atoms with Gasteiger partial charge in [0.15, 0.2) is 0 Å². The number of hydrogen-bond donors (Lipinski definition) is 1. The van der Waals surface area contributed by atoms with Gasteiger partial charge in [-0.3, -0.25) is 9.59 Å². The molecule has 0 aromatic rings. The average molecular weight is 156 g/mol. The summed E-state index contributed by atoms with van der Waals surface area (Å²) in [6.45, 7) is 0. The van der Waals surface area contributed by atoms with Gasteiger partial charge in [0.1, 0.15) is 5.78 Å². The molecule has 1 aliphatic rings. The molecule has 3 nitrogen and oxygen atoms in total. The largest absolute Gasteiger partial charge is 0.481 e. The van der Waals surface area contributed by atoms with E-state index in [0.717, 1.165) is 12.8 Å². The van der Waals surface area contributed by atoms with Crippen molar-refractivity contribution in [1.82, 2.24) is 0 Å². The molecule has 1 rings (SSSR count). The molecular formula is C8H12O3. The molecule has 0 amide bonds. The van der Waals surface area contributed by atoms with Crippen LogP contribution in [0.25, 0.3) is 0 Å². The molecule has 62 valence electrons. The van der Waals surface area contributed by atoms with E-state index in [4.69, 9.17) is 5.11 Å². The molecule has 0 unspecified atom stereocenters. The Labute approximate surface area is 65.4 Å². The lowest BCUT2D eigenvalue weighted by molar-refractivity contribution is -0.143. The van der Waals surface area contributed by atoms with Crippen LogP contribution in [0.4, 0.5) is 0 Å². The molecule has 1 aliphatic carbocycles. The summed E-state index contributed by atoms with van der Waals surface area (Å²) in [5.41, 5.74) is 0. The van der Waals surface area contributed by atoms with E-state index in [0.29, 0.717) is 12.8 Å². The first-order chi connectivity index (χ1) is 5.20. The Morgan fingerprint density at radius 3 is 2.82 bits per heavy atom. The van der Waals surface area contributed by atoms with E-state index in [9.17, 15) is 9.59 Å². The SMILES string of the molecule is O=C1CCCC[C@@H](C(=O)O)C1. The van der Waals surface area contributed by atoms with Crippen molar-refractivity contribution in [3.63, 3.8) is 0 Å². The maximum Gasteiger partial charge on any atom is 0.306 e. The zero-order valence-electron chi connectivity index (χ0n) is 6.38. The molecule has 1 atom stereocenters. The topological polar surface area (TPSA) is 54.4 Å². The van der Waals surface area contributed by atoms with Gasteiger partial charge in [-0.1, -0.05) is 6.42 Å². The zero-order chi connectivity index (χ0) is 8.27. The van der Waals surface area contributed by atoms with Crippen LogP contribution in [0.15, 0.2) is 0 Å². The van der Waals surface area contributed by atoms with Gasteiger partial charge in [0.25, 0.3) is 0 Å². The van der Waals surface area contributed by atoms with Crippen LogP contribution in [0.5, 0.6) is 0 Å². The van der Waals surface area contributed by atoms with Gasteiger partial charge >= 0.3 is 5.97 Å². The molecule has 1 fully saturated rings. The molecule has 1 saturated carbocycles. The molecule has 11 heavy (non-hydrogen) atoms. The lowest BCUT2D eigenvalue weighted by atomic mass is 10.0. The van der Waals surface area contributed by atoms with E-state index in [-0.39, 0.29) is 12.2 Å². The third-order valence-electron chi connectivity index (χ3n) is 2.08. The number of ketones is 1. The third-order valence-corrected chi connectivity index (χ3v) is 2.08. The maximum atomic E-state index is 10.9. The van der Waals surface area contributed by atoms with Crippen LogP contribution in [-0.2, 0) is 9.59 Å². The number of hydrogen-bond acceptors (Lipinski definition) is 2. The number of carbonyl (C=O) groups excluding carboxylic acids is 1. The quantitative estimate of drug-likeness (QED) is 0.581. The van der Waals surface area contributed by atoms with E-state index >= 15 is 0 Å². The minimum atomic E-state index is -0.819. The highest BCUT2D eigenvalue weighted by Gasteiger charge is 2.22. The first-order valence-electron chi connectivity index (χ1n) is 3.94. The number of carboxylic acid groups (broad SMARTS) is 1. The maximum absolute atomic E-state index is 10.9. The first-order valence-corrected chi connectivity index (χ1v) is 3.94. The van der Waals surface area contributed by atoms with Crippen molar-refractivity contribution in [3.05, 3.63) is 0 Å². The number of aliphatic carboxylic acids is 1. The number of carbonyl (C=O) groups is 2. The molecule has 0 aromatic carbocycles. The minimum Gasteiger partial charge on any atom is -0.481 e. The van der Waals surface area contributed by atoms with Crippen LogP contribution >= 0.6 is 0 Å². The summed E-state index contributed by atoms with van der Waals surface area (Å²) in [5.74, 6) is -1.12. The van der Waals surface area contributed by atoms with E-state index in [2.05, 4.69) is 0 Å². The summed E-state index contributed by atoms with van der Waals surface area (Å²) in [7, 11) is 0. The highest BCUT2D eigenvalue weighted by molar-refractivity contribution is 5.84. The molecule has 1 N–H and O–H groups in total. The van der Waals surface area contributed by atoms with Crippen molar-refractivity contribution >= 4 is 11.8 Å². The van der Waals surface area contributed by atoms with Gasteiger partial charge in [-0.2, -0.15) is 0 Å². The number of Topliss-reactive ketones (excluding diaryl/α,β-unsaturated/α-hetero) is 1. The van der Waals surface area contributed by atoms with E-state index in [1.165, 1.54) is 0 Å². The van der Waals surface area contributed by atoms with Gasteiger partial charge in [-0.05, 0) is 12.8 Å². The number of carboxylic acids is 1. The molecule has 0 radical (unpaired) electrons. The van der Waals surface area contributed by atoms with Crippen LogP contribution in [0, 0.1) is 5.92 Å². The van der Waals surface area contributed by atoms with Crippen LogP contribution in [-0.4, -0.2) is 16.9 Å². The second kappa shape index (κ2) is 3.51. The Morgan fingerprint density at radius 2 is 2.18 bits per heavy atom. The molecule has 3 heteroatoms. The van der Waals surface area contributed by atoms with Gasteiger partial charge in [0, 0.05) is 12.8 Å². The summed E-state index contributed by atoms with van der Waals surface area (Å²) in [4.78, 5) is 21.4. The summed E-state index contributed by atoms with van der Waals surface area (Å²) in [5, 5.41) is 8.63. The Kier molecular flexibility index (Phi) is 2.63. The van der Waals surface area contributed by atoms with Gasteiger partial charge in [-0.15, -0.1) is 0 Å². The Bertz CT molecular complexity index is 174. The summed E-state index contributed by atoms with van der Waals surface area (Å²) in [6, 6.07) is 0. The lowest BCUT2D eigenvalue weighted by Crippen LogP contribution is -2.15. The van der Waals surface area contributed by atoms with Crippen LogP contribution in [0.1, 0.15) is 32.1 Å². The summed E-state index contributed by atoms with van der Waals surface area (Å²) in [6.07, 6.45) is 3.23. The van der Waals surface area contributed by atoms with Crippen molar-refractivity contribution in [1.29, 1.82) is 0 Å². The van der Waals surface area contributed by atoms with Crippen LogP contribution in [0.2, 0.25) is 0 Å². The van der Waals surface area contributed by atoms with Gasteiger partial charge in [0.05, 0.1) is 5.92 Å². The Hall–Kier alpha value is -0.860. The van der Waals surface area contributed by atoms with E-state index in [1.54, 1.807) is 0 Å². The fourth-order valence-corrected chi connectivity index (χ4v) is 1.40. The highest BCUT2D eigenvalue weighted by Crippen LogP contribution is 2.20. The van der Waals surface area contributed by atoms with Crippen molar-refractivity contribution in [2.75, 3.05) is 0 Å². The predicted molar refractivity (Wildman–Crippen MR) is 39.2 cm³/mol. The third kappa shape index (κ3) is 2.33. The van der Waals surface area contributed by atoms with Gasteiger partial charge in [-0.25, -0.2) is 0 Å². The van der Waals surface area contributed by atoms with Crippen LogP contribution < -0.4 is 0 Å². The highest BCUT2D eigenvalue weighted by atomic mass is 16.4. The van der Waals surface area contributed by atoms with Crippen LogP contribution in [0.3, 0.4) is 0 Å². The molecule has 0 bridgehead atoms. The molecule has 0 aromatic heterocycles.